The van der Waals surface area contributed by atoms with E-state index in [9.17, 15) is 0 Å². The average molecular weight is 278 g/mol. The highest BCUT2D eigenvalue weighted by Crippen LogP contribution is 2.34. The Morgan fingerprint density at radius 1 is 1.32 bits per heavy atom. The van der Waals surface area contributed by atoms with Crippen molar-refractivity contribution in [2.75, 3.05) is 30.8 Å². The molecule has 2 N–H and O–H groups in total. The minimum Gasteiger partial charge on any atom is -0.384 e. The molecule has 0 radical (unpaired) electrons. The lowest BCUT2D eigenvalue weighted by molar-refractivity contribution is 0.264. The SMILES string of the molecule is CN1CCSCC1c1nc(N)cc(C2CCCC2)n1. The van der Waals surface area contributed by atoms with Crippen LogP contribution in [0.3, 0.4) is 0 Å². The maximum atomic E-state index is 6.00. The van der Waals surface area contributed by atoms with E-state index in [4.69, 9.17) is 10.7 Å². The topological polar surface area (TPSA) is 55.0 Å². The molecular weight excluding hydrogens is 256 g/mol. The molecule has 1 atom stereocenters. The summed E-state index contributed by atoms with van der Waals surface area (Å²) in [6, 6.07) is 2.30. The van der Waals surface area contributed by atoms with Gasteiger partial charge in [0, 0.05) is 35.7 Å². The van der Waals surface area contributed by atoms with Crippen molar-refractivity contribution in [3.63, 3.8) is 0 Å². The Balaban J connectivity index is 1.88. The summed E-state index contributed by atoms with van der Waals surface area (Å²) in [5, 5.41) is 0. The largest absolute Gasteiger partial charge is 0.384 e. The maximum absolute atomic E-state index is 6.00. The summed E-state index contributed by atoms with van der Waals surface area (Å²) in [6.45, 7) is 1.10. The molecule has 104 valence electrons. The van der Waals surface area contributed by atoms with Crippen molar-refractivity contribution in [3.8, 4) is 0 Å². The van der Waals surface area contributed by atoms with E-state index in [1.54, 1.807) is 0 Å². The number of hydrogen-bond acceptors (Lipinski definition) is 5. The fraction of sp³-hybridized carbons (Fsp3) is 0.714. The first-order valence-electron chi connectivity index (χ1n) is 7.16. The monoisotopic (exact) mass is 278 g/mol. The van der Waals surface area contributed by atoms with Crippen molar-refractivity contribution < 1.29 is 0 Å². The van der Waals surface area contributed by atoms with Gasteiger partial charge in [0.15, 0.2) is 0 Å². The molecule has 0 spiro atoms. The van der Waals surface area contributed by atoms with E-state index in [0.717, 1.165) is 18.1 Å². The van der Waals surface area contributed by atoms with Gasteiger partial charge in [0.25, 0.3) is 0 Å². The molecule has 2 aliphatic rings. The molecule has 19 heavy (non-hydrogen) atoms. The highest BCUT2D eigenvalue weighted by atomic mass is 32.2. The first-order valence-corrected chi connectivity index (χ1v) is 8.32. The van der Waals surface area contributed by atoms with Crippen molar-refractivity contribution >= 4 is 17.6 Å². The van der Waals surface area contributed by atoms with Gasteiger partial charge in [-0.05, 0) is 19.9 Å². The zero-order valence-electron chi connectivity index (χ0n) is 11.5. The molecule has 0 aromatic carbocycles. The van der Waals surface area contributed by atoms with Crippen LogP contribution in [0.15, 0.2) is 6.07 Å². The van der Waals surface area contributed by atoms with Gasteiger partial charge in [-0.2, -0.15) is 11.8 Å². The molecule has 1 saturated heterocycles. The van der Waals surface area contributed by atoms with Gasteiger partial charge in [-0.1, -0.05) is 12.8 Å². The highest BCUT2D eigenvalue weighted by molar-refractivity contribution is 7.99. The van der Waals surface area contributed by atoms with Crippen molar-refractivity contribution in [1.82, 2.24) is 14.9 Å². The Morgan fingerprint density at radius 2 is 2.11 bits per heavy atom. The van der Waals surface area contributed by atoms with Crippen LogP contribution >= 0.6 is 11.8 Å². The van der Waals surface area contributed by atoms with Gasteiger partial charge in [-0.25, -0.2) is 9.97 Å². The normalized spacial score (nSPS) is 25.8. The number of thioether (sulfide) groups is 1. The predicted molar refractivity (Wildman–Crippen MR) is 80.3 cm³/mol. The van der Waals surface area contributed by atoms with Gasteiger partial charge in [-0.15, -0.1) is 0 Å². The first-order chi connectivity index (χ1) is 9.24. The molecule has 1 aromatic rings. The summed E-state index contributed by atoms with van der Waals surface area (Å²) >= 11 is 1.98. The summed E-state index contributed by atoms with van der Waals surface area (Å²) in [6.07, 6.45) is 5.16. The molecule has 5 heteroatoms. The third kappa shape index (κ3) is 2.87. The molecule has 1 aliphatic carbocycles. The van der Waals surface area contributed by atoms with Crippen molar-refractivity contribution in [1.29, 1.82) is 0 Å². The standard InChI is InChI=1S/C14H22N4S/c1-18-6-7-19-9-12(18)14-16-11(8-13(15)17-14)10-4-2-3-5-10/h8,10,12H,2-7,9H2,1H3,(H2,15,16,17). The number of rotatable bonds is 2. The molecule has 3 rings (SSSR count). The quantitative estimate of drug-likeness (QED) is 0.900. The summed E-state index contributed by atoms with van der Waals surface area (Å²) in [5.74, 6) is 4.44. The van der Waals surface area contributed by atoms with Crippen LogP contribution in [0, 0.1) is 0 Å². The lowest BCUT2D eigenvalue weighted by atomic mass is 10.0. The summed E-state index contributed by atoms with van der Waals surface area (Å²) in [5.41, 5.74) is 7.17. The Morgan fingerprint density at radius 3 is 2.84 bits per heavy atom. The summed E-state index contributed by atoms with van der Waals surface area (Å²) in [7, 11) is 2.16. The van der Waals surface area contributed by atoms with E-state index < -0.39 is 0 Å². The zero-order valence-corrected chi connectivity index (χ0v) is 12.3. The first kappa shape index (κ1) is 13.2. The van der Waals surface area contributed by atoms with Crippen molar-refractivity contribution in [2.45, 2.75) is 37.6 Å². The number of hydrogen-bond donors (Lipinski definition) is 1. The fourth-order valence-electron chi connectivity index (χ4n) is 3.04. The fourth-order valence-corrected chi connectivity index (χ4v) is 4.25. The van der Waals surface area contributed by atoms with Gasteiger partial charge >= 0.3 is 0 Å². The molecule has 1 aliphatic heterocycles. The molecule has 1 saturated carbocycles. The second kappa shape index (κ2) is 5.67. The molecule has 2 heterocycles. The van der Waals surface area contributed by atoms with Crippen LogP contribution in [0.2, 0.25) is 0 Å². The number of nitrogens with two attached hydrogens (primary N) is 1. The van der Waals surface area contributed by atoms with E-state index in [1.807, 2.05) is 17.8 Å². The van der Waals surface area contributed by atoms with Crippen LogP contribution in [0.4, 0.5) is 5.82 Å². The third-order valence-corrected chi connectivity index (χ3v) is 5.27. The Bertz CT molecular complexity index is 445. The lowest BCUT2D eigenvalue weighted by Gasteiger charge is -2.31. The number of aromatic nitrogens is 2. The molecule has 2 fully saturated rings. The van der Waals surface area contributed by atoms with Crippen LogP contribution < -0.4 is 5.73 Å². The second-order valence-corrected chi connectivity index (χ2v) is 6.78. The molecule has 1 unspecified atom stereocenters. The van der Waals surface area contributed by atoms with Gasteiger partial charge in [0.05, 0.1) is 6.04 Å². The van der Waals surface area contributed by atoms with Gasteiger partial charge < -0.3 is 5.73 Å². The molecule has 4 nitrogen and oxygen atoms in total. The van der Waals surface area contributed by atoms with Crippen LogP contribution in [0.1, 0.15) is 49.2 Å². The number of nitrogen functional groups attached to an aromatic ring is 1. The van der Waals surface area contributed by atoms with Gasteiger partial charge in [0.2, 0.25) is 0 Å². The Kier molecular flexibility index (Phi) is 3.93. The van der Waals surface area contributed by atoms with Crippen LogP contribution in [0.25, 0.3) is 0 Å². The minimum atomic E-state index is 0.322. The lowest BCUT2D eigenvalue weighted by Crippen LogP contribution is -2.34. The van der Waals surface area contributed by atoms with E-state index in [2.05, 4.69) is 16.9 Å². The van der Waals surface area contributed by atoms with Crippen molar-refractivity contribution in [3.05, 3.63) is 17.6 Å². The Labute approximate surface area is 119 Å². The number of nitrogens with zero attached hydrogens (tertiary/aromatic N) is 3. The van der Waals surface area contributed by atoms with Crippen molar-refractivity contribution in [2.24, 2.45) is 0 Å². The molecule has 0 amide bonds. The zero-order chi connectivity index (χ0) is 13.2. The average Bonchev–Trinajstić information content (AvgIpc) is 2.92. The highest BCUT2D eigenvalue weighted by Gasteiger charge is 2.26. The summed E-state index contributed by atoms with van der Waals surface area (Å²) < 4.78 is 0. The van der Waals surface area contributed by atoms with E-state index in [0.29, 0.717) is 17.8 Å². The summed E-state index contributed by atoms with van der Waals surface area (Å²) in [4.78, 5) is 11.7. The van der Waals surface area contributed by atoms with E-state index in [1.165, 1.54) is 37.1 Å². The van der Waals surface area contributed by atoms with E-state index >= 15 is 0 Å². The van der Waals surface area contributed by atoms with Crippen LogP contribution in [-0.2, 0) is 0 Å². The third-order valence-electron chi connectivity index (χ3n) is 4.25. The van der Waals surface area contributed by atoms with Gasteiger partial charge in [-0.3, -0.25) is 4.90 Å². The molecule has 0 bridgehead atoms. The predicted octanol–water partition coefficient (Wildman–Crippen LogP) is 2.44. The van der Waals surface area contributed by atoms with Crippen LogP contribution in [0.5, 0.6) is 0 Å². The molecule has 1 aromatic heterocycles. The molecular formula is C14H22N4S. The van der Waals surface area contributed by atoms with Gasteiger partial charge in [0.1, 0.15) is 11.6 Å². The van der Waals surface area contributed by atoms with Crippen LogP contribution in [-0.4, -0.2) is 40.0 Å². The van der Waals surface area contributed by atoms with E-state index in [-0.39, 0.29) is 0 Å². The number of anilines is 1. The maximum Gasteiger partial charge on any atom is 0.148 e. The smallest absolute Gasteiger partial charge is 0.148 e. The second-order valence-electron chi connectivity index (χ2n) is 5.63. The Hall–Kier alpha value is -0.810. The minimum absolute atomic E-state index is 0.322.